The summed E-state index contributed by atoms with van der Waals surface area (Å²) >= 11 is 0. The molecule has 0 aliphatic carbocycles. The lowest BCUT2D eigenvalue weighted by Crippen LogP contribution is -2.37. The summed E-state index contributed by atoms with van der Waals surface area (Å²) < 4.78 is 1.76. The molecule has 1 unspecified atom stereocenters. The minimum atomic E-state index is 0.0435. The van der Waals surface area contributed by atoms with Crippen LogP contribution in [0.4, 0.5) is 23.1 Å². The predicted octanol–water partition coefficient (Wildman–Crippen LogP) is 4.93. The van der Waals surface area contributed by atoms with Crippen molar-refractivity contribution in [1.82, 2.24) is 24.6 Å². The quantitative estimate of drug-likeness (QED) is 0.454. The van der Waals surface area contributed by atoms with Crippen molar-refractivity contribution in [2.24, 2.45) is 7.05 Å². The van der Waals surface area contributed by atoms with Crippen LogP contribution in [0.1, 0.15) is 42.1 Å². The van der Waals surface area contributed by atoms with Gasteiger partial charge in [-0.1, -0.05) is 24.3 Å². The molecule has 0 spiro atoms. The zero-order chi connectivity index (χ0) is 24.0. The number of hydrogen-bond donors (Lipinski definition) is 2. The van der Waals surface area contributed by atoms with Gasteiger partial charge in [-0.25, -0.2) is 9.67 Å². The molecule has 0 fully saturated rings. The Hall–Kier alpha value is -3.94. The Balaban J connectivity index is 1.43. The van der Waals surface area contributed by atoms with E-state index in [0.717, 1.165) is 57.9 Å². The van der Waals surface area contributed by atoms with Gasteiger partial charge in [0.25, 0.3) is 0 Å². The maximum absolute atomic E-state index is 12.0. The number of carbonyl (C=O) groups excluding carboxylic acids is 1. The monoisotopic (exact) mass is 455 g/mol. The van der Waals surface area contributed by atoms with Crippen LogP contribution in [0.25, 0.3) is 11.0 Å². The van der Waals surface area contributed by atoms with Crippen LogP contribution >= 0.6 is 0 Å². The number of anilines is 4. The summed E-state index contributed by atoms with van der Waals surface area (Å²) in [4.78, 5) is 23.2. The molecule has 1 aliphatic heterocycles. The number of carbonyl (C=O) groups is 1. The molecule has 1 atom stereocenters. The second kappa shape index (κ2) is 8.44. The molecule has 8 nitrogen and oxygen atoms in total. The van der Waals surface area contributed by atoms with E-state index in [9.17, 15) is 4.79 Å². The highest BCUT2D eigenvalue weighted by atomic mass is 16.2. The first-order chi connectivity index (χ1) is 16.3. The number of benzene rings is 2. The van der Waals surface area contributed by atoms with Crippen molar-refractivity contribution in [3.63, 3.8) is 0 Å². The number of aryl methyl sites for hydroxylation is 3. The van der Waals surface area contributed by atoms with Crippen molar-refractivity contribution in [3.05, 3.63) is 64.8 Å². The van der Waals surface area contributed by atoms with Gasteiger partial charge in [-0.05, 0) is 61.6 Å². The molecule has 4 aromatic rings. The average Bonchev–Trinajstić information content (AvgIpc) is 3.11. The van der Waals surface area contributed by atoms with Crippen molar-refractivity contribution in [2.75, 3.05) is 17.2 Å². The first kappa shape index (κ1) is 21.9. The smallest absolute Gasteiger partial charge is 0.229 e. The van der Waals surface area contributed by atoms with Crippen molar-refractivity contribution < 1.29 is 4.79 Å². The Morgan fingerprint density at radius 3 is 2.62 bits per heavy atom. The average molecular weight is 456 g/mol. The summed E-state index contributed by atoms with van der Waals surface area (Å²) in [5.41, 5.74) is 7.43. The van der Waals surface area contributed by atoms with E-state index >= 15 is 0 Å². The van der Waals surface area contributed by atoms with E-state index in [1.165, 1.54) is 5.56 Å². The standard InChI is InChI=1S/C26H29N7O/c1-15-7-6-8-16(2)23(15)29-24-22-14-27-26(30-25(22)32(5)31-24)28-20-10-9-19-11-12-33(18(4)34)17(3)21(19)13-20/h6-10,13-14,17H,11-12H2,1-5H3,(H,29,31)(H,27,28,30). The molecular weight excluding hydrogens is 426 g/mol. The van der Waals surface area contributed by atoms with E-state index in [1.807, 2.05) is 24.1 Å². The Kier molecular flexibility index (Phi) is 5.43. The fourth-order valence-electron chi connectivity index (χ4n) is 4.77. The Labute approximate surface area is 199 Å². The molecule has 0 bridgehead atoms. The molecule has 1 aliphatic rings. The molecule has 2 aromatic carbocycles. The zero-order valence-electron chi connectivity index (χ0n) is 20.2. The Morgan fingerprint density at radius 2 is 1.88 bits per heavy atom. The van der Waals surface area contributed by atoms with Gasteiger partial charge in [0.2, 0.25) is 11.9 Å². The normalized spacial score (nSPS) is 15.3. The van der Waals surface area contributed by atoms with Crippen LogP contribution in [0.2, 0.25) is 0 Å². The van der Waals surface area contributed by atoms with Gasteiger partial charge in [0, 0.05) is 38.1 Å². The number of para-hydroxylation sites is 1. The molecule has 2 aromatic heterocycles. The SMILES string of the molecule is CC(=O)N1CCc2ccc(Nc3ncc4c(Nc5c(C)cccc5C)nn(C)c4n3)cc2C1C. The third kappa shape index (κ3) is 3.85. The lowest BCUT2D eigenvalue weighted by atomic mass is 9.93. The van der Waals surface area contributed by atoms with Crippen LogP contribution in [0, 0.1) is 13.8 Å². The topological polar surface area (TPSA) is 88.0 Å². The highest BCUT2D eigenvalue weighted by Crippen LogP contribution is 2.33. The summed E-state index contributed by atoms with van der Waals surface area (Å²) in [5.74, 6) is 1.33. The Bertz CT molecular complexity index is 1390. The van der Waals surface area contributed by atoms with Crippen LogP contribution in [-0.2, 0) is 18.3 Å². The Morgan fingerprint density at radius 1 is 1.12 bits per heavy atom. The number of aromatic nitrogens is 4. The number of nitrogens with one attached hydrogen (secondary N) is 2. The molecule has 34 heavy (non-hydrogen) atoms. The number of hydrogen-bond acceptors (Lipinski definition) is 6. The van der Waals surface area contributed by atoms with E-state index in [-0.39, 0.29) is 11.9 Å². The lowest BCUT2D eigenvalue weighted by molar-refractivity contribution is -0.131. The van der Waals surface area contributed by atoms with Crippen LogP contribution < -0.4 is 10.6 Å². The summed E-state index contributed by atoms with van der Waals surface area (Å²) in [5, 5.41) is 12.3. The fraction of sp³-hybridized carbons (Fsp3) is 0.308. The zero-order valence-corrected chi connectivity index (χ0v) is 20.2. The first-order valence-electron chi connectivity index (χ1n) is 11.5. The van der Waals surface area contributed by atoms with Crippen molar-refractivity contribution in [1.29, 1.82) is 0 Å². The van der Waals surface area contributed by atoms with E-state index in [2.05, 4.69) is 65.8 Å². The van der Waals surface area contributed by atoms with Crippen LogP contribution in [-0.4, -0.2) is 37.1 Å². The minimum Gasteiger partial charge on any atom is -0.338 e. The summed E-state index contributed by atoms with van der Waals surface area (Å²) in [6.07, 6.45) is 2.67. The number of amides is 1. The van der Waals surface area contributed by atoms with E-state index < -0.39 is 0 Å². The van der Waals surface area contributed by atoms with Crippen LogP contribution in [0.15, 0.2) is 42.6 Å². The molecule has 5 rings (SSSR count). The molecule has 0 saturated carbocycles. The number of fused-ring (bicyclic) bond motifs is 2. The van der Waals surface area contributed by atoms with Gasteiger partial charge in [0.05, 0.1) is 11.4 Å². The molecule has 174 valence electrons. The second-order valence-electron chi connectivity index (χ2n) is 8.97. The van der Waals surface area contributed by atoms with Crippen LogP contribution in [0.5, 0.6) is 0 Å². The maximum Gasteiger partial charge on any atom is 0.229 e. The van der Waals surface area contributed by atoms with Crippen LogP contribution in [0.3, 0.4) is 0 Å². The highest BCUT2D eigenvalue weighted by Gasteiger charge is 2.25. The van der Waals surface area contributed by atoms with E-state index in [1.54, 1.807) is 17.8 Å². The highest BCUT2D eigenvalue weighted by molar-refractivity contribution is 5.90. The first-order valence-corrected chi connectivity index (χ1v) is 11.5. The van der Waals surface area contributed by atoms with Gasteiger partial charge in [-0.15, -0.1) is 0 Å². The summed E-state index contributed by atoms with van der Waals surface area (Å²) in [6.45, 7) is 8.62. The summed E-state index contributed by atoms with van der Waals surface area (Å²) in [6, 6.07) is 12.5. The molecule has 2 N–H and O–H groups in total. The van der Waals surface area contributed by atoms with E-state index in [0.29, 0.717) is 5.95 Å². The van der Waals surface area contributed by atoms with Crippen molar-refractivity contribution in [2.45, 2.75) is 40.2 Å². The molecule has 0 radical (unpaired) electrons. The molecule has 3 heterocycles. The van der Waals surface area contributed by atoms with Gasteiger partial charge in [0.1, 0.15) is 0 Å². The third-order valence-electron chi connectivity index (χ3n) is 6.65. The lowest BCUT2D eigenvalue weighted by Gasteiger charge is -2.34. The van der Waals surface area contributed by atoms with Gasteiger partial charge in [-0.3, -0.25) is 4.79 Å². The fourth-order valence-corrected chi connectivity index (χ4v) is 4.77. The number of rotatable bonds is 4. The minimum absolute atomic E-state index is 0.0435. The van der Waals surface area contributed by atoms with Crippen molar-refractivity contribution >= 4 is 40.1 Å². The van der Waals surface area contributed by atoms with Gasteiger partial charge < -0.3 is 15.5 Å². The van der Waals surface area contributed by atoms with Gasteiger partial charge in [0.15, 0.2) is 11.5 Å². The largest absolute Gasteiger partial charge is 0.338 e. The van der Waals surface area contributed by atoms with E-state index in [4.69, 9.17) is 4.98 Å². The number of nitrogens with zero attached hydrogens (tertiary/aromatic N) is 5. The third-order valence-corrected chi connectivity index (χ3v) is 6.65. The van der Waals surface area contributed by atoms with Crippen molar-refractivity contribution in [3.8, 4) is 0 Å². The maximum atomic E-state index is 12.0. The summed E-state index contributed by atoms with van der Waals surface area (Å²) in [7, 11) is 1.88. The second-order valence-corrected chi connectivity index (χ2v) is 8.97. The molecular formula is C26H29N7O. The molecule has 8 heteroatoms. The van der Waals surface area contributed by atoms with Gasteiger partial charge in [-0.2, -0.15) is 10.1 Å². The van der Waals surface area contributed by atoms with Gasteiger partial charge >= 0.3 is 0 Å². The molecule has 0 saturated heterocycles. The molecule has 1 amide bonds. The predicted molar refractivity (Wildman–Crippen MR) is 135 cm³/mol.